The standard InChI is InChI=1S/C11H14N2O4/c1-7-6-8(2-4-12-7)10(15)13-9(3-5-14)11(16)17/h2,4,6,9,14H,3,5H2,1H3,(H,13,15)(H,16,17)/t9-/m0/s1. The van der Waals surface area contributed by atoms with Crippen molar-refractivity contribution in [1.82, 2.24) is 10.3 Å². The van der Waals surface area contributed by atoms with Gasteiger partial charge in [-0.1, -0.05) is 0 Å². The van der Waals surface area contributed by atoms with Crippen LogP contribution in [-0.4, -0.2) is 39.7 Å². The largest absolute Gasteiger partial charge is 0.480 e. The molecule has 0 aliphatic carbocycles. The molecule has 0 saturated carbocycles. The Morgan fingerprint density at radius 1 is 1.53 bits per heavy atom. The fraction of sp³-hybridized carbons (Fsp3) is 0.364. The number of pyridine rings is 1. The predicted octanol–water partition coefficient (Wildman–Crippen LogP) is -0.0446. The van der Waals surface area contributed by atoms with E-state index < -0.39 is 17.9 Å². The number of nitrogens with one attached hydrogen (secondary N) is 1. The monoisotopic (exact) mass is 238 g/mol. The normalized spacial score (nSPS) is 11.9. The third-order valence-corrected chi connectivity index (χ3v) is 2.18. The Balaban J connectivity index is 2.73. The topological polar surface area (TPSA) is 99.5 Å². The lowest BCUT2D eigenvalue weighted by atomic mass is 10.1. The molecule has 1 aromatic rings. The van der Waals surface area contributed by atoms with E-state index in [1.807, 2.05) is 0 Å². The summed E-state index contributed by atoms with van der Waals surface area (Å²) in [5.41, 5.74) is 1.02. The molecule has 6 heteroatoms. The molecule has 3 N–H and O–H groups in total. The second-order valence-corrected chi connectivity index (χ2v) is 3.56. The average molecular weight is 238 g/mol. The van der Waals surface area contributed by atoms with Gasteiger partial charge in [-0.05, 0) is 19.1 Å². The van der Waals surface area contributed by atoms with Gasteiger partial charge in [0.2, 0.25) is 0 Å². The Morgan fingerprint density at radius 3 is 2.76 bits per heavy atom. The molecular formula is C11H14N2O4. The number of carbonyl (C=O) groups excluding carboxylic acids is 1. The number of carboxylic acids is 1. The molecule has 0 aliphatic rings. The van der Waals surface area contributed by atoms with Crippen molar-refractivity contribution in [3.8, 4) is 0 Å². The first-order valence-corrected chi connectivity index (χ1v) is 5.11. The number of carbonyl (C=O) groups is 2. The van der Waals surface area contributed by atoms with E-state index in [9.17, 15) is 9.59 Å². The van der Waals surface area contributed by atoms with Crippen molar-refractivity contribution < 1.29 is 19.8 Å². The smallest absolute Gasteiger partial charge is 0.326 e. The number of aromatic nitrogens is 1. The number of aliphatic carboxylic acids is 1. The molecule has 92 valence electrons. The van der Waals surface area contributed by atoms with Crippen LogP contribution in [0.5, 0.6) is 0 Å². The van der Waals surface area contributed by atoms with Crippen LogP contribution >= 0.6 is 0 Å². The van der Waals surface area contributed by atoms with Gasteiger partial charge in [-0.3, -0.25) is 9.78 Å². The van der Waals surface area contributed by atoms with E-state index in [0.29, 0.717) is 11.3 Å². The summed E-state index contributed by atoms with van der Waals surface area (Å²) in [5.74, 6) is -1.66. The lowest BCUT2D eigenvalue weighted by molar-refractivity contribution is -0.139. The molecule has 0 bridgehead atoms. The van der Waals surface area contributed by atoms with Gasteiger partial charge in [0, 0.05) is 30.5 Å². The molecule has 1 amide bonds. The zero-order chi connectivity index (χ0) is 12.8. The van der Waals surface area contributed by atoms with Crippen LogP contribution < -0.4 is 5.32 Å². The van der Waals surface area contributed by atoms with Crippen molar-refractivity contribution in [3.05, 3.63) is 29.6 Å². The summed E-state index contributed by atoms with van der Waals surface area (Å²) in [4.78, 5) is 26.4. The Bertz CT molecular complexity index is 420. The molecular weight excluding hydrogens is 224 g/mol. The lowest BCUT2D eigenvalue weighted by Crippen LogP contribution is -2.41. The van der Waals surface area contributed by atoms with Crippen molar-refractivity contribution >= 4 is 11.9 Å². The van der Waals surface area contributed by atoms with Crippen LogP contribution in [0.2, 0.25) is 0 Å². The summed E-state index contributed by atoms with van der Waals surface area (Å²) in [6.45, 7) is 1.44. The molecule has 1 rings (SSSR count). The summed E-state index contributed by atoms with van der Waals surface area (Å²) < 4.78 is 0. The quantitative estimate of drug-likeness (QED) is 0.668. The average Bonchev–Trinajstić information content (AvgIpc) is 2.28. The maximum atomic E-state index is 11.7. The molecule has 17 heavy (non-hydrogen) atoms. The Kier molecular flexibility index (Phi) is 4.59. The molecule has 0 spiro atoms. The van der Waals surface area contributed by atoms with Crippen molar-refractivity contribution in [2.24, 2.45) is 0 Å². The van der Waals surface area contributed by atoms with Crippen molar-refractivity contribution in [3.63, 3.8) is 0 Å². The van der Waals surface area contributed by atoms with Gasteiger partial charge < -0.3 is 15.5 Å². The van der Waals surface area contributed by atoms with Gasteiger partial charge in [-0.15, -0.1) is 0 Å². The molecule has 0 saturated heterocycles. The van der Waals surface area contributed by atoms with E-state index in [1.165, 1.54) is 12.3 Å². The number of aliphatic hydroxyl groups is 1. The highest BCUT2D eigenvalue weighted by Crippen LogP contribution is 2.02. The first-order valence-electron chi connectivity index (χ1n) is 5.11. The van der Waals surface area contributed by atoms with Crippen LogP contribution in [0.25, 0.3) is 0 Å². The molecule has 0 aromatic carbocycles. The van der Waals surface area contributed by atoms with Crippen molar-refractivity contribution in [1.29, 1.82) is 0 Å². The van der Waals surface area contributed by atoms with Gasteiger partial charge in [0.1, 0.15) is 6.04 Å². The Morgan fingerprint density at radius 2 is 2.24 bits per heavy atom. The maximum absolute atomic E-state index is 11.7. The third kappa shape index (κ3) is 3.84. The van der Waals surface area contributed by atoms with E-state index in [1.54, 1.807) is 13.0 Å². The predicted molar refractivity (Wildman–Crippen MR) is 59.6 cm³/mol. The van der Waals surface area contributed by atoms with Crippen LogP contribution in [0.1, 0.15) is 22.5 Å². The summed E-state index contributed by atoms with van der Waals surface area (Å²) >= 11 is 0. The minimum absolute atomic E-state index is 0.0227. The number of nitrogens with zero attached hydrogens (tertiary/aromatic N) is 1. The Labute approximate surface area is 98.3 Å². The second-order valence-electron chi connectivity index (χ2n) is 3.56. The molecule has 0 fully saturated rings. The van der Waals surface area contributed by atoms with E-state index in [2.05, 4.69) is 10.3 Å². The van der Waals surface area contributed by atoms with Crippen LogP contribution in [0.15, 0.2) is 18.3 Å². The van der Waals surface area contributed by atoms with E-state index in [4.69, 9.17) is 10.2 Å². The SMILES string of the molecule is Cc1cc(C(=O)N[C@@H](CCO)C(=O)O)ccn1. The summed E-state index contributed by atoms with van der Waals surface area (Å²) in [5, 5.41) is 19.8. The first-order chi connectivity index (χ1) is 8.04. The number of aryl methyl sites for hydroxylation is 1. The van der Waals surface area contributed by atoms with Gasteiger partial charge >= 0.3 is 5.97 Å². The minimum atomic E-state index is -1.17. The van der Waals surface area contributed by atoms with Crippen LogP contribution in [0.3, 0.4) is 0 Å². The number of aliphatic hydroxyl groups excluding tert-OH is 1. The molecule has 0 radical (unpaired) electrons. The van der Waals surface area contributed by atoms with Crippen LogP contribution in [0, 0.1) is 6.92 Å². The molecule has 0 aliphatic heterocycles. The van der Waals surface area contributed by atoms with Crippen LogP contribution in [0.4, 0.5) is 0 Å². The van der Waals surface area contributed by atoms with Gasteiger partial charge in [-0.25, -0.2) is 4.79 Å². The summed E-state index contributed by atoms with van der Waals surface area (Å²) in [7, 11) is 0. The van der Waals surface area contributed by atoms with E-state index in [-0.39, 0.29) is 13.0 Å². The molecule has 1 atom stereocenters. The number of carboxylic acid groups (broad SMARTS) is 1. The highest BCUT2D eigenvalue weighted by atomic mass is 16.4. The molecule has 0 unspecified atom stereocenters. The van der Waals surface area contributed by atoms with Crippen molar-refractivity contribution in [2.75, 3.05) is 6.61 Å². The van der Waals surface area contributed by atoms with E-state index >= 15 is 0 Å². The number of rotatable bonds is 5. The summed E-state index contributed by atoms with van der Waals surface area (Å²) in [6.07, 6.45) is 1.46. The van der Waals surface area contributed by atoms with Gasteiger partial charge in [0.05, 0.1) is 0 Å². The first kappa shape index (κ1) is 13.1. The molecule has 1 heterocycles. The summed E-state index contributed by atoms with van der Waals surface area (Å²) in [6, 6.07) is 1.98. The number of hydrogen-bond donors (Lipinski definition) is 3. The maximum Gasteiger partial charge on any atom is 0.326 e. The van der Waals surface area contributed by atoms with Gasteiger partial charge in [-0.2, -0.15) is 0 Å². The van der Waals surface area contributed by atoms with Crippen LogP contribution in [-0.2, 0) is 4.79 Å². The lowest BCUT2D eigenvalue weighted by Gasteiger charge is -2.13. The Hall–Kier alpha value is -1.95. The zero-order valence-electron chi connectivity index (χ0n) is 9.38. The number of amides is 1. The fourth-order valence-electron chi connectivity index (χ4n) is 1.31. The molecule has 1 aromatic heterocycles. The fourth-order valence-corrected chi connectivity index (χ4v) is 1.31. The minimum Gasteiger partial charge on any atom is -0.480 e. The van der Waals surface area contributed by atoms with Crippen molar-refractivity contribution in [2.45, 2.75) is 19.4 Å². The van der Waals surface area contributed by atoms with Gasteiger partial charge in [0.15, 0.2) is 0 Å². The highest BCUT2D eigenvalue weighted by molar-refractivity contribution is 5.96. The second kappa shape index (κ2) is 5.95. The zero-order valence-corrected chi connectivity index (χ0v) is 9.38. The highest BCUT2D eigenvalue weighted by Gasteiger charge is 2.19. The molecule has 6 nitrogen and oxygen atoms in total. The van der Waals surface area contributed by atoms with Gasteiger partial charge in [0.25, 0.3) is 5.91 Å². The number of hydrogen-bond acceptors (Lipinski definition) is 4. The third-order valence-electron chi connectivity index (χ3n) is 2.18. The van der Waals surface area contributed by atoms with E-state index in [0.717, 1.165) is 0 Å².